The van der Waals surface area contributed by atoms with Crippen molar-refractivity contribution in [2.75, 3.05) is 24.2 Å². The number of carbonyl (C=O) groups is 1. The fraction of sp³-hybridized carbons (Fsp3) is 0.417. The molecule has 0 bridgehead atoms. The van der Waals surface area contributed by atoms with Crippen molar-refractivity contribution in [1.29, 1.82) is 0 Å². The molecule has 0 radical (unpaired) electrons. The van der Waals surface area contributed by atoms with E-state index in [4.69, 9.17) is 10.5 Å². The van der Waals surface area contributed by atoms with E-state index in [0.29, 0.717) is 17.2 Å². The van der Waals surface area contributed by atoms with Gasteiger partial charge < -0.3 is 15.8 Å². The molecule has 4 nitrogen and oxygen atoms in total. The monoisotopic (exact) mass is 254 g/mol. The lowest BCUT2D eigenvalue weighted by Gasteiger charge is -1.99. The average molecular weight is 254 g/mol. The molecular formula is C12H18N2O2S. The van der Waals surface area contributed by atoms with Gasteiger partial charge in [-0.3, -0.25) is 0 Å². The van der Waals surface area contributed by atoms with E-state index in [1.807, 2.05) is 13.8 Å². The van der Waals surface area contributed by atoms with Gasteiger partial charge in [0.05, 0.1) is 17.3 Å². The predicted molar refractivity (Wildman–Crippen MR) is 72.6 cm³/mol. The summed E-state index contributed by atoms with van der Waals surface area (Å²) in [5.74, 6) is -0.356. The fourth-order valence-electron chi connectivity index (χ4n) is 1.20. The van der Waals surface area contributed by atoms with Crippen molar-refractivity contribution in [1.82, 2.24) is 0 Å². The summed E-state index contributed by atoms with van der Waals surface area (Å²) in [5, 5.41) is 4.07. The van der Waals surface area contributed by atoms with Crippen LogP contribution in [0.15, 0.2) is 17.7 Å². The number of anilines is 2. The minimum Gasteiger partial charge on any atom is -0.462 e. The zero-order valence-electron chi connectivity index (χ0n) is 10.4. The molecular weight excluding hydrogens is 236 g/mol. The minimum atomic E-state index is -0.356. The molecule has 1 heterocycles. The molecule has 1 aromatic heterocycles. The number of nitrogens with one attached hydrogen (secondary N) is 1. The number of hydrogen-bond acceptors (Lipinski definition) is 5. The summed E-state index contributed by atoms with van der Waals surface area (Å²) in [5.41, 5.74) is 7.47. The molecule has 5 heteroatoms. The fourth-order valence-corrected chi connectivity index (χ4v) is 2.08. The van der Waals surface area contributed by atoms with Crippen LogP contribution in [0.1, 0.15) is 30.4 Å². The van der Waals surface area contributed by atoms with Gasteiger partial charge in [-0.25, -0.2) is 4.79 Å². The molecule has 17 heavy (non-hydrogen) atoms. The highest BCUT2D eigenvalue weighted by Gasteiger charge is 2.14. The molecule has 3 N–H and O–H groups in total. The molecule has 0 aliphatic heterocycles. The third kappa shape index (κ3) is 4.11. The van der Waals surface area contributed by atoms with Crippen LogP contribution in [0.3, 0.4) is 0 Å². The van der Waals surface area contributed by atoms with Gasteiger partial charge in [0, 0.05) is 6.54 Å². The first-order valence-electron chi connectivity index (χ1n) is 5.48. The molecule has 1 rings (SSSR count). The number of carbonyl (C=O) groups excluding carboxylic acids is 1. The third-order valence-electron chi connectivity index (χ3n) is 2.01. The van der Waals surface area contributed by atoms with Crippen LogP contribution in [0.25, 0.3) is 0 Å². The quantitative estimate of drug-likeness (QED) is 0.626. The lowest BCUT2D eigenvalue weighted by molar-refractivity contribution is 0.0533. The second kappa shape index (κ2) is 6.30. The van der Waals surface area contributed by atoms with Crippen LogP contribution in [0.2, 0.25) is 0 Å². The van der Waals surface area contributed by atoms with E-state index >= 15 is 0 Å². The number of esters is 1. The Hall–Kier alpha value is -1.49. The minimum absolute atomic E-state index is 0.356. The van der Waals surface area contributed by atoms with Crippen LogP contribution in [-0.2, 0) is 4.74 Å². The van der Waals surface area contributed by atoms with Crippen LogP contribution in [0.5, 0.6) is 0 Å². The van der Waals surface area contributed by atoms with Gasteiger partial charge in [-0.2, -0.15) is 0 Å². The van der Waals surface area contributed by atoms with Crippen LogP contribution < -0.4 is 11.1 Å². The summed E-state index contributed by atoms with van der Waals surface area (Å²) >= 11 is 1.32. The van der Waals surface area contributed by atoms with Gasteiger partial charge in [0.2, 0.25) is 0 Å². The highest BCUT2D eigenvalue weighted by Crippen LogP contribution is 2.29. The summed E-state index contributed by atoms with van der Waals surface area (Å²) in [6, 6.07) is 1.76. The zero-order chi connectivity index (χ0) is 12.8. The van der Waals surface area contributed by atoms with Crippen molar-refractivity contribution in [2.24, 2.45) is 0 Å². The number of rotatable bonds is 5. The predicted octanol–water partition coefficient (Wildman–Crippen LogP) is 2.89. The Bertz CT molecular complexity index is 420. The summed E-state index contributed by atoms with van der Waals surface area (Å²) in [6.07, 6.45) is 2.07. The lowest BCUT2D eigenvalue weighted by atomic mass is 10.3. The van der Waals surface area contributed by atoms with Gasteiger partial charge >= 0.3 is 5.97 Å². The number of allylic oxidation sites excluding steroid dienone is 1. The first kappa shape index (κ1) is 13.6. The van der Waals surface area contributed by atoms with E-state index in [2.05, 4.69) is 11.4 Å². The molecule has 0 atom stereocenters. The van der Waals surface area contributed by atoms with E-state index in [-0.39, 0.29) is 5.97 Å². The van der Waals surface area contributed by atoms with Gasteiger partial charge in [-0.05, 0) is 26.8 Å². The number of hydrogen-bond donors (Lipinski definition) is 2. The van der Waals surface area contributed by atoms with Gasteiger partial charge in [-0.1, -0.05) is 11.6 Å². The Kier molecular flexibility index (Phi) is 5.03. The Morgan fingerprint density at radius 1 is 1.59 bits per heavy atom. The Morgan fingerprint density at radius 2 is 2.29 bits per heavy atom. The Morgan fingerprint density at radius 3 is 2.88 bits per heavy atom. The summed E-state index contributed by atoms with van der Waals surface area (Å²) in [7, 11) is 0. The largest absolute Gasteiger partial charge is 0.462 e. The number of nitrogen functional groups attached to an aromatic ring is 1. The first-order valence-corrected chi connectivity index (χ1v) is 6.30. The summed E-state index contributed by atoms with van der Waals surface area (Å²) in [6.45, 7) is 6.93. The normalized spacial score (nSPS) is 9.82. The lowest BCUT2D eigenvalue weighted by Crippen LogP contribution is -2.04. The summed E-state index contributed by atoms with van der Waals surface area (Å²) < 4.78 is 4.92. The van der Waals surface area contributed by atoms with E-state index < -0.39 is 0 Å². The van der Waals surface area contributed by atoms with Crippen molar-refractivity contribution in [3.8, 4) is 0 Å². The molecule has 94 valence electrons. The average Bonchev–Trinajstić information content (AvgIpc) is 2.59. The van der Waals surface area contributed by atoms with Gasteiger partial charge in [0.1, 0.15) is 4.88 Å². The van der Waals surface area contributed by atoms with Gasteiger partial charge in [-0.15, -0.1) is 11.3 Å². The van der Waals surface area contributed by atoms with Gasteiger partial charge in [0.25, 0.3) is 0 Å². The Labute approximate surface area is 105 Å². The SMILES string of the molecule is CCOC(=O)c1sc(NCC=C(C)C)cc1N. The number of thiophene rings is 1. The topological polar surface area (TPSA) is 64.3 Å². The molecule has 0 aliphatic carbocycles. The maximum Gasteiger partial charge on any atom is 0.350 e. The highest BCUT2D eigenvalue weighted by atomic mass is 32.1. The molecule has 0 amide bonds. The zero-order valence-corrected chi connectivity index (χ0v) is 11.2. The van der Waals surface area contributed by atoms with Crippen molar-refractivity contribution >= 4 is 28.0 Å². The molecule has 0 fully saturated rings. The van der Waals surface area contributed by atoms with E-state index in [9.17, 15) is 4.79 Å². The van der Waals surface area contributed by atoms with Gasteiger partial charge in [0.15, 0.2) is 0 Å². The van der Waals surface area contributed by atoms with E-state index in [0.717, 1.165) is 11.5 Å². The van der Waals surface area contributed by atoms with Crippen LogP contribution in [0, 0.1) is 0 Å². The number of nitrogens with two attached hydrogens (primary N) is 1. The highest BCUT2D eigenvalue weighted by molar-refractivity contribution is 7.18. The van der Waals surface area contributed by atoms with Crippen LogP contribution in [-0.4, -0.2) is 19.1 Å². The van der Waals surface area contributed by atoms with Crippen LogP contribution in [0.4, 0.5) is 10.7 Å². The van der Waals surface area contributed by atoms with E-state index in [1.54, 1.807) is 13.0 Å². The van der Waals surface area contributed by atoms with Crippen molar-refractivity contribution in [3.05, 3.63) is 22.6 Å². The van der Waals surface area contributed by atoms with Crippen LogP contribution >= 0.6 is 11.3 Å². The van der Waals surface area contributed by atoms with E-state index in [1.165, 1.54) is 16.9 Å². The molecule has 0 aromatic carbocycles. The summed E-state index contributed by atoms with van der Waals surface area (Å²) in [4.78, 5) is 12.0. The molecule has 0 unspecified atom stereocenters. The maximum absolute atomic E-state index is 11.5. The third-order valence-corrected chi connectivity index (χ3v) is 3.10. The maximum atomic E-state index is 11.5. The molecule has 0 spiro atoms. The molecule has 0 aliphatic rings. The van der Waals surface area contributed by atoms with Crippen molar-refractivity contribution in [2.45, 2.75) is 20.8 Å². The van der Waals surface area contributed by atoms with Crippen molar-refractivity contribution in [3.63, 3.8) is 0 Å². The standard InChI is InChI=1S/C12H18N2O2S/c1-4-16-12(15)11-9(13)7-10(17-11)14-6-5-8(2)3/h5,7,14H,4,6,13H2,1-3H3. The second-order valence-electron chi connectivity index (χ2n) is 3.78. The smallest absolute Gasteiger partial charge is 0.350 e. The molecule has 0 saturated carbocycles. The first-order chi connectivity index (χ1) is 8.04. The molecule has 0 saturated heterocycles. The van der Waals surface area contributed by atoms with Crippen molar-refractivity contribution < 1.29 is 9.53 Å². The molecule has 1 aromatic rings. The number of ether oxygens (including phenoxy) is 1. The Balaban J connectivity index is 2.68. The second-order valence-corrected chi connectivity index (χ2v) is 4.83.